The third-order valence-corrected chi connectivity index (χ3v) is 6.41. The SMILES string of the molecule is NNC12CC3CC(CC(C3)C1Cc1ccc([N+](=O)[O-])cc1)C2. The maximum absolute atomic E-state index is 10.8. The number of nitro benzene ring substituents is 1. The standard InChI is InChI=1S/C17H23N3O2/c18-19-17-9-12-5-13(10-17)7-14(6-12)16(17)8-11-1-3-15(4-2-11)20(21)22/h1-4,12-14,16,19H,5-10,18H2. The van der Waals surface area contributed by atoms with Crippen LogP contribution < -0.4 is 11.3 Å². The van der Waals surface area contributed by atoms with Crippen molar-refractivity contribution < 1.29 is 4.92 Å². The zero-order valence-corrected chi connectivity index (χ0v) is 12.7. The Morgan fingerprint density at radius 1 is 1.18 bits per heavy atom. The summed E-state index contributed by atoms with van der Waals surface area (Å²) >= 11 is 0. The van der Waals surface area contributed by atoms with Crippen molar-refractivity contribution in [3.8, 4) is 0 Å². The highest BCUT2D eigenvalue weighted by atomic mass is 16.6. The molecule has 4 aliphatic rings. The lowest BCUT2D eigenvalue weighted by molar-refractivity contribution is -0.384. The van der Waals surface area contributed by atoms with E-state index in [9.17, 15) is 10.1 Å². The fraction of sp³-hybridized carbons (Fsp3) is 0.647. The molecule has 3 unspecified atom stereocenters. The van der Waals surface area contributed by atoms with Crippen LogP contribution in [0.2, 0.25) is 0 Å². The molecular weight excluding hydrogens is 278 g/mol. The van der Waals surface area contributed by atoms with Crippen molar-refractivity contribution in [3.05, 3.63) is 39.9 Å². The summed E-state index contributed by atoms with van der Waals surface area (Å²) in [5.41, 5.74) is 4.65. The van der Waals surface area contributed by atoms with Crippen molar-refractivity contribution >= 4 is 5.69 Å². The summed E-state index contributed by atoms with van der Waals surface area (Å²) in [5, 5.41) is 10.8. The minimum Gasteiger partial charge on any atom is -0.271 e. The predicted octanol–water partition coefficient (Wildman–Crippen LogP) is 2.80. The second-order valence-electron chi connectivity index (χ2n) is 7.64. The smallest absolute Gasteiger partial charge is 0.269 e. The minimum absolute atomic E-state index is 0.0938. The van der Waals surface area contributed by atoms with Crippen molar-refractivity contribution in [3.63, 3.8) is 0 Å². The summed E-state index contributed by atoms with van der Waals surface area (Å²) in [6.45, 7) is 0. The van der Waals surface area contributed by atoms with E-state index < -0.39 is 0 Å². The number of hydrogen-bond acceptors (Lipinski definition) is 4. The van der Waals surface area contributed by atoms with E-state index in [1.54, 1.807) is 12.1 Å². The van der Waals surface area contributed by atoms with Crippen LogP contribution in [0.15, 0.2) is 24.3 Å². The summed E-state index contributed by atoms with van der Waals surface area (Å²) in [6.07, 6.45) is 7.47. The van der Waals surface area contributed by atoms with Gasteiger partial charge in [0.1, 0.15) is 0 Å². The van der Waals surface area contributed by atoms with Crippen LogP contribution in [0.5, 0.6) is 0 Å². The van der Waals surface area contributed by atoms with Gasteiger partial charge in [0, 0.05) is 17.7 Å². The van der Waals surface area contributed by atoms with Crippen molar-refractivity contribution in [2.75, 3.05) is 0 Å². The summed E-state index contributed by atoms with van der Waals surface area (Å²) < 4.78 is 0. The molecule has 22 heavy (non-hydrogen) atoms. The van der Waals surface area contributed by atoms with E-state index in [1.165, 1.54) is 37.7 Å². The van der Waals surface area contributed by atoms with E-state index in [2.05, 4.69) is 5.43 Å². The number of rotatable bonds is 4. The highest BCUT2D eigenvalue weighted by Gasteiger charge is 2.56. The Kier molecular flexibility index (Phi) is 3.24. The Morgan fingerprint density at radius 2 is 1.82 bits per heavy atom. The molecule has 0 amide bonds. The first-order valence-corrected chi connectivity index (χ1v) is 8.31. The predicted molar refractivity (Wildman–Crippen MR) is 83.9 cm³/mol. The topological polar surface area (TPSA) is 81.2 Å². The van der Waals surface area contributed by atoms with Gasteiger partial charge in [0.2, 0.25) is 0 Å². The van der Waals surface area contributed by atoms with Gasteiger partial charge in [-0.2, -0.15) is 0 Å². The summed E-state index contributed by atoms with van der Waals surface area (Å²) in [6, 6.07) is 7.06. The van der Waals surface area contributed by atoms with E-state index in [4.69, 9.17) is 5.84 Å². The molecule has 5 rings (SSSR count). The molecule has 0 radical (unpaired) electrons. The van der Waals surface area contributed by atoms with Gasteiger partial charge in [-0.1, -0.05) is 12.1 Å². The van der Waals surface area contributed by atoms with Gasteiger partial charge >= 0.3 is 0 Å². The molecule has 0 spiro atoms. The number of nitro groups is 1. The molecule has 4 saturated carbocycles. The maximum atomic E-state index is 10.8. The number of nitrogens with two attached hydrogens (primary N) is 1. The molecule has 5 heteroatoms. The van der Waals surface area contributed by atoms with E-state index in [0.29, 0.717) is 5.92 Å². The largest absolute Gasteiger partial charge is 0.271 e. The second-order valence-corrected chi connectivity index (χ2v) is 7.64. The van der Waals surface area contributed by atoms with Crippen LogP contribution in [0.1, 0.15) is 37.7 Å². The van der Waals surface area contributed by atoms with Gasteiger partial charge in [0.15, 0.2) is 0 Å². The summed E-state index contributed by atoms with van der Waals surface area (Å²) in [4.78, 5) is 10.4. The van der Waals surface area contributed by atoms with Crippen LogP contribution in [0, 0.1) is 33.8 Å². The van der Waals surface area contributed by atoms with Gasteiger partial charge in [-0.15, -0.1) is 0 Å². The van der Waals surface area contributed by atoms with Crippen LogP contribution in [0.3, 0.4) is 0 Å². The molecule has 1 aromatic rings. The molecule has 0 aromatic heterocycles. The van der Waals surface area contributed by atoms with Crippen LogP contribution >= 0.6 is 0 Å². The molecule has 3 N–H and O–H groups in total. The molecule has 3 atom stereocenters. The third-order valence-electron chi connectivity index (χ3n) is 6.41. The number of nitrogens with zero attached hydrogens (tertiary/aromatic N) is 1. The van der Waals surface area contributed by atoms with Crippen LogP contribution in [0.4, 0.5) is 5.69 Å². The molecule has 1 aromatic carbocycles. The molecular formula is C17H23N3O2. The van der Waals surface area contributed by atoms with Crippen LogP contribution in [-0.2, 0) is 6.42 Å². The molecule has 0 aliphatic heterocycles. The van der Waals surface area contributed by atoms with Crippen LogP contribution in [0.25, 0.3) is 0 Å². The van der Waals surface area contributed by atoms with Crippen molar-refractivity contribution in [2.24, 2.45) is 29.5 Å². The number of non-ortho nitro benzene ring substituents is 1. The number of nitrogens with one attached hydrogen (secondary N) is 1. The third kappa shape index (κ3) is 2.15. The first-order chi connectivity index (χ1) is 10.6. The molecule has 0 heterocycles. The Balaban J connectivity index is 1.57. The minimum atomic E-state index is -0.338. The van der Waals surface area contributed by atoms with Crippen molar-refractivity contribution in [2.45, 2.75) is 44.1 Å². The average molecular weight is 301 g/mol. The Hall–Kier alpha value is -1.46. The quantitative estimate of drug-likeness (QED) is 0.509. The molecule has 4 fully saturated rings. The normalized spacial score (nSPS) is 39.1. The molecule has 4 bridgehead atoms. The Labute approximate surface area is 130 Å². The molecule has 4 aliphatic carbocycles. The van der Waals surface area contributed by atoms with Crippen molar-refractivity contribution in [1.29, 1.82) is 0 Å². The van der Waals surface area contributed by atoms with E-state index in [0.717, 1.165) is 24.2 Å². The zero-order valence-electron chi connectivity index (χ0n) is 12.7. The average Bonchev–Trinajstić information content (AvgIpc) is 2.50. The zero-order chi connectivity index (χ0) is 15.3. The Bertz CT molecular complexity index is 572. The lowest BCUT2D eigenvalue weighted by Gasteiger charge is -2.61. The molecule has 5 nitrogen and oxygen atoms in total. The van der Waals surface area contributed by atoms with Gasteiger partial charge in [0.05, 0.1) is 4.92 Å². The lowest BCUT2D eigenvalue weighted by atomic mass is 9.47. The summed E-state index contributed by atoms with van der Waals surface area (Å²) in [5.74, 6) is 9.02. The maximum Gasteiger partial charge on any atom is 0.269 e. The fourth-order valence-corrected chi connectivity index (χ4v) is 5.74. The number of hydrazine groups is 1. The van der Waals surface area contributed by atoms with Gasteiger partial charge in [-0.05, 0) is 67.8 Å². The van der Waals surface area contributed by atoms with E-state index in [-0.39, 0.29) is 16.1 Å². The first kappa shape index (κ1) is 14.2. The summed E-state index contributed by atoms with van der Waals surface area (Å²) in [7, 11) is 0. The van der Waals surface area contributed by atoms with E-state index in [1.807, 2.05) is 12.1 Å². The molecule has 0 saturated heterocycles. The first-order valence-electron chi connectivity index (χ1n) is 8.31. The van der Waals surface area contributed by atoms with Crippen LogP contribution in [-0.4, -0.2) is 10.5 Å². The van der Waals surface area contributed by atoms with Gasteiger partial charge in [0.25, 0.3) is 5.69 Å². The lowest BCUT2D eigenvalue weighted by Crippen LogP contribution is -2.66. The van der Waals surface area contributed by atoms with Gasteiger partial charge in [-0.25, -0.2) is 0 Å². The molecule has 118 valence electrons. The van der Waals surface area contributed by atoms with Gasteiger partial charge in [-0.3, -0.25) is 21.4 Å². The Morgan fingerprint density at radius 3 is 2.36 bits per heavy atom. The highest BCUT2D eigenvalue weighted by Crippen LogP contribution is 2.58. The fourth-order valence-electron chi connectivity index (χ4n) is 5.74. The van der Waals surface area contributed by atoms with Gasteiger partial charge < -0.3 is 0 Å². The van der Waals surface area contributed by atoms with E-state index >= 15 is 0 Å². The number of benzene rings is 1. The second kappa shape index (κ2) is 5.03. The van der Waals surface area contributed by atoms with Crippen molar-refractivity contribution in [1.82, 2.24) is 5.43 Å². The highest BCUT2D eigenvalue weighted by molar-refractivity contribution is 5.33. The number of hydrogen-bond donors (Lipinski definition) is 2. The monoisotopic (exact) mass is 301 g/mol.